The van der Waals surface area contributed by atoms with Gasteiger partial charge in [0.15, 0.2) is 0 Å². The Kier molecular flexibility index (Phi) is 5.91. The van der Waals surface area contributed by atoms with E-state index in [2.05, 4.69) is 11.4 Å². The zero-order valence-corrected chi connectivity index (χ0v) is 15.4. The van der Waals surface area contributed by atoms with E-state index in [-0.39, 0.29) is 12.5 Å². The maximum Gasteiger partial charge on any atom is 0.238 e. The molecule has 6 heteroatoms. The summed E-state index contributed by atoms with van der Waals surface area (Å²) in [7, 11) is 0. The number of hydrogen-bond donors (Lipinski definition) is 1. The van der Waals surface area contributed by atoms with Gasteiger partial charge in [-0.05, 0) is 48.2 Å². The van der Waals surface area contributed by atoms with E-state index in [1.54, 1.807) is 17.6 Å². The molecule has 0 aliphatic rings. The molecule has 2 heterocycles. The normalized spacial score (nSPS) is 11.0. The van der Waals surface area contributed by atoms with Crippen molar-refractivity contribution < 1.29 is 9.21 Å². The standard InChI is InChI=1S/C19H19ClN2O2S/c1-14-6-7-18(17(20)10-14)21-19(23)13-22(11-15-4-2-8-24-15)12-16-5-3-9-25-16/h2-10H,11-13H2,1H3,(H,21,23). The molecule has 0 aliphatic heterocycles. The summed E-state index contributed by atoms with van der Waals surface area (Å²) in [5, 5.41) is 5.47. The van der Waals surface area contributed by atoms with Gasteiger partial charge in [0.2, 0.25) is 5.91 Å². The summed E-state index contributed by atoms with van der Waals surface area (Å²) in [5.41, 5.74) is 1.69. The summed E-state index contributed by atoms with van der Waals surface area (Å²) in [6.45, 7) is 3.47. The van der Waals surface area contributed by atoms with Crippen molar-refractivity contribution in [2.24, 2.45) is 0 Å². The van der Waals surface area contributed by atoms with Crippen molar-refractivity contribution in [2.45, 2.75) is 20.0 Å². The van der Waals surface area contributed by atoms with Gasteiger partial charge in [0.1, 0.15) is 5.76 Å². The number of halogens is 1. The zero-order valence-electron chi connectivity index (χ0n) is 13.9. The molecule has 3 rings (SSSR count). The number of rotatable bonds is 7. The van der Waals surface area contributed by atoms with Gasteiger partial charge in [0.25, 0.3) is 0 Å². The van der Waals surface area contributed by atoms with E-state index in [0.29, 0.717) is 23.8 Å². The zero-order chi connectivity index (χ0) is 17.6. The van der Waals surface area contributed by atoms with Crippen LogP contribution in [0.4, 0.5) is 5.69 Å². The van der Waals surface area contributed by atoms with Crippen LogP contribution >= 0.6 is 22.9 Å². The highest BCUT2D eigenvalue weighted by atomic mass is 35.5. The molecule has 0 aliphatic carbocycles. The topological polar surface area (TPSA) is 45.5 Å². The second-order valence-corrected chi connectivity index (χ2v) is 7.27. The highest BCUT2D eigenvalue weighted by Gasteiger charge is 2.15. The van der Waals surface area contributed by atoms with Crippen molar-refractivity contribution >= 4 is 34.5 Å². The van der Waals surface area contributed by atoms with Crippen LogP contribution in [-0.2, 0) is 17.9 Å². The monoisotopic (exact) mass is 374 g/mol. The molecule has 1 amide bonds. The Hall–Kier alpha value is -2.08. The van der Waals surface area contributed by atoms with Crippen molar-refractivity contribution in [3.05, 3.63) is 75.3 Å². The smallest absolute Gasteiger partial charge is 0.238 e. The molecule has 0 unspecified atom stereocenters. The highest BCUT2D eigenvalue weighted by Crippen LogP contribution is 2.23. The lowest BCUT2D eigenvalue weighted by Gasteiger charge is -2.20. The first kappa shape index (κ1) is 17.7. The molecule has 0 spiro atoms. The lowest BCUT2D eigenvalue weighted by molar-refractivity contribution is -0.117. The van der Waals surface area contributed by atoms with E-state index in [9.17, 15) is 4.79 Å². The Labute approximate surface area is 156 Å². The van der Waals surface area contributed by atoms with Crippen LogP contribution in [0.1, 0.15) is 16.2 Å². The second-order valence-electron chi connectivity index (χ2n) is 5.84. The third-order valence-electron chi connectivity index (χ3n) is 3.68. The average molecular weight is 375 g/mol. The van der Waals surface area contributed by atoms with E-state index in [4.69, 9.17) is 16.0 Å². The molecule has 0 saturated carbocycles. The van der Waals surface area contributed by atoms with E-state index in [1.165, 1.54) is 4.88 Å². The van der Waals surface area contributed by atoms with Crippen LogP contribution in [-0.4, -0.2) is 17.4 Å². The lowest BCUT2D eigenvalue weighted by Crippen LogP contribution is -2.32. The number of carbonyl (C=O) groups is 1. The molecular weight excluding hydrogens is 356 g/mol. The molecule has 130 valence electrons. The SMILES string of the molecule is Cc1ccc(NC(=O)CN(Cc2ccco2)Cc2cccs2)c(Cl)c1. The number of nitrogens with one attached hydrogen (secondary N) is 1. The summed E-state index contributed by atoms with van der Waals surface area (Å²) in [6.07, 6.45) is 1.64. The molecule has 3 aromatic rings. The molecule has 0 atom stereocenters. The summed E-state index contributed by atoms with van der Waals surface area (Å²) in [6, 6.07) is 13.4. The fraction of sp³-hybridized carbons (Fsp3) is 0.211. The Morgan fingerprint density at radius 2 is 2.12 bits per heavy atom. The number of thiophene rings is 1. The number of benzene rings is 1. The van der Waals surface area contributed by atoms with Crippen LogP contribution in [0.15, 0.2) is 58.5 Å². The highest BCUT2D eigenvalue weighted by molar-refractivity contribution is 7.09. The van der Waals surface area contributed by atoms with E-state index < -0.39 is 0 Å². The fourth-order valence-corrected chi connectivity index (χ4v) is 3.56. The first-order valence-corrected chi connectivity index (χ1v) is 9.19. The number of anilines is 1. The van der Waals surface area contributed by atoms with E-state index in [1.807, 2.05) is 53.6 Å². The molecule has 0 fully saturated rings. The largest absolute Gasteiger partial charge is 0.468 e. The van der Waals surface area contributed by atoms with Crippen LogP contribution in [0.25, 0.3) is 0 Å². The maximum absolute atomic E-state index is 12.5. The third kappa shape index (κ3) is 5.19. The third-order valence-corrected chi connectivity index (χ3v) is 4.86. The van der Waals surface area contributed by atoms with Gasteiger partial charge < -0.3 is 9.73 Å². The molecule has 2 aromatic heterocycles. The van der Waals surface area contributed by atoms with Gasteiger partial charge in [-0.1, -0.05) is 23.7 Å². The molecule has 25 heavy (non-hydrogen) atoms. The first-order chi connectivity index (χ1) is 12.1. The molecule has 0 radical (unpaired) electrons. The van der Waals surface area contributed by atoms with E-state index in [0.717, 1.165) is 11.3 Å². The van der Waals surface area contributed by atoms with Gasteiger partial charge >= 0.3 is 0 Å². The molecular formula is C19H19ClN2O2S. The summed E-state index contributed by atoms with van der Waals surface area (Å²) in [5.74, 6) is 0.728. The number of nitrogens with zero attached hydrogens (tertiary/aromatic N) is 1. The number of aryl methyl sites for hydroxylation is 1. The summed E-state index contributed by atoms with van der Waals surface area (Å²) < 4.78 is 5.42. The van der Waals surface area contributed by atoms with Gasteiger partial charge in [-0.25, -0.2) is 0 Å². The van der Waals surface area contributed by atoms with Crippen LogP contribution in [0.5, 0.6) is 0 Å². The number of furan rings is 1. The van der Waals surface area contributed by atoms with Crippen molar-refractivity contribution in [3.63, 3.8) is 0 Å². The Morgan fingerprint density at radius 3 is 2.80 bits per heavy atom. The predicted molar refractivity (Wildman–Crippen MR) is 102 cm³/mol. The van der Waals surface area contributed by atoms with Crippen molar-refractivity contribution in [1.82, 2.24) is 4.90 Å². The van der Waals surface area contributed by atoms with Gasteiger partial charge in [-0.3, -0.25) is 9.69 Å². The Bertz CT molecular complexity index is 780. The number of carbonyl (C=O) groups excluding carboxylic acids is 1. The lowest BCUT2D eigenvalue weighted by atomic mass is 10.2. The number of hydrogen-bond acceptors (Lipinski definition) is 4. The van der Waals surface area contributed by atoms with E-state index >= 15 is 0 Å². The van der Waals surface area contributed by atoms with Crippen LogP contribution in [0.3, 0.4) is 0 Å². The minimum absolute atomic E-state index is 0.103. The summed E-state index contributed by atoms with van der Waals surface area (Å²) >= 11 is 7.87. The van der Waals surface area contributed by atoms with Gasteiger partial charge in [0.05, 0.1) is 30.1 Å². The Morgan fingerprint density at radius 1 is 1.24 bits per heavy atom. The van der Waals surface area contributed by atoms with Crippen molar-refractivity contribution in [1.29, 1.82) is 0 Å². The molecule has 4 nitrogen and oxygen atoms in total. The minimum Gasteiger partial charge on any atom is -0.468 e. The Balaban J connectivity index is 1.66. The average Bonchev–Trinajstić information content (AvgIpc) is 3.24. The molecule has 0 bridgehead atoms. The molecule has 1 aromatic carbocycles. The predicted octanol–water partition coefficient (Wildman–Crippen LogP) is 4.94. The van der Waals surface area contributed by atoms with Crippen LogP contribution in [0, 0.1) is 6.92 Å². The van der Waals surface area contributed by atoms with Crippen molar-refractivity contribution in [3.8, 4) is 0 Å². The fourth-order valence-electron chi connectivity index (χ4n) is 2.53. The molecule has 0 saturated heterocycles. The minimum atomic E-state index is -0.103. The number of amides is 1. The maximum atomic E-state index is 12.5. The van der Waals surface area contributed by atoms with Gasteiger partial charge in [0, 0.05) is 11.4 Å². The van der Waals surface area contributed by atoms with Crippen LogP contribution in [0.2, 0.25) is 5.02 Å². The summed E-state index contributed by atoms with van der Waals surface area (Å²) in [4.78, 5) is 15.7. The van der Waals surface area contributed by atoms with Gasteiger partial charge in [-0.2, -0.15) is 0 Å². The van der Waals surface area contributed by atoms with Crippen molar-refractivity contribution in [2.75, 3.05) is 11.9 Å². The van der Waals surface area contributed by atoms with Gasteiger partial charge in [-0.15, -0.1) is 11.3 Å². The van der Waals surface area contributed by atoms with Crippen LogP contribution < -0.4 is 5.32 Å². The second kappa shape index (κ2) is 8.34. The molecule has 1 N–H and O–H groups in total. The first-order valence-electron chi connectivity index (χ1n) is 7.93. The quantitative estimate of drug-likeness (QED) is 0.636.